The SMILES string of the molecule is N#[N+]c1cccnc1Cl.[Cl-]. The van der Waals surface area contributed by atoms with E-state index in [9.17, 15) is 0 Å². The number of nitrogens with zero attached hydrogens (tertiary/aromatic N) is 3. The van der Waals surface area contributed by atoms with E-state index in [1.807, 2.05) is 0 Å². The lowest BCUT2D eigenvalue weighted by molar-refractivity contribution is -0.00000203. The van der Waals surface area contributed by atoms with Crippen LogP contribution in [0.15, 0.2) is 18.3 Å². The first kappa shape index (κ1) is 9.15. The molecular weight excluding hydrogens is 173 g/mol. The molecule has 0 aliphatic carbocycles. The number of hydrogen-bond donors (Lipinski definition) is 0. The van der Waals surface area contributed by atoms with E-state index in [4.69, 9.17) is 17.0 Å². The zero-order chi connectivity index (χ0) is 6.69. The van der Waals surface area contributed by atoms with Crippen molar-refractivity contribution in [2.75, 3.05) is 0 Å². The minimum atomic E-state index is 0. The molecule has 1 aromatic heterocycles. The highest BCUT2D eigenvalue weighted by molar-refractivity contribution is 6.31. The highest BCUT2D eigenvalue weighted by atomic mass is 35.5. The number of aromatic nitrogens is 1. The number of rotatable bonds is 0. The molecule has 0 atom stereocenters. The van der Waals surface area contributed by atoms with Crippen LogP contribution in [0.4, 0.5) is 5.69 Å². The highest BCUT2D eigenvalue weighted by Crippen LogP contribution is 2.19. The van der Waals surface area contributed by atoms with Crippen LogP contribution in [0.5, 0.6) is 0 Å². The van der Waals surface area contributed by atoms with Crippen molar-refractivity contribution in [2.24, 2.45) is 0 Å². The van der Waals surface area contributed by atoms with Gasteiger partial charge < -0.3 is 12.4 Å². The first-order chi connectivity index (χ1) is 4.34. The van der Waals surface area contributed by atoms with E-state index in [1.165, 1.54) is 6.20 Å². The summed E-state index contributed by atoms with van der Waals surface area (Å²) in [5, 5.41) is 8.43. The van der Waals surface area contributed by atoms with E-state index < -0.39 is 0 Å². The Morgan fingerprint density at radius 2 is 2.30 bits per heavy atom. The molecule has 0 fully saturated rings. The topological polar surface area (TPSA) is 41.0 Å². The van der Waals surface area contributed by atoms with Crippen LogP contribution in [0.3, 0.4) is 0 Å². The number of hydrogen-bond acceptors (Lipinski definition) is 2. The lowest BCUT2D eigenvalue weighted by Crippen LogP contribution is -3.00. The molecule has 1 aromatic rings. The Morgan fingerprint density at radius 1 is 1.60 bits per heavy atom. The molecule has 0 N–H and O–H groups in total. The zero-order valence-electron chi connectivity index (χ0n) is 4.83. The predicted molar refractivity (Wildman–Crippen MR) is 34.0 cm³/mol. The fraction of sp³-hybridized carbons (Fsp3) is 0. The van der Waals surface area contributed by atoms with Gasteiger partial charge in [0.25, 0.3) is 0 Å². The molecule has 0 amide bonds. The Kier molecular flexibility index (Phi) is 3.70. The van der Waals surface area contributed by atoms with Crippen LogP contribution >= 0.6 is 11.6 Å². The van der Waals surface area contributed by atoms with Gasteiger partial charge in [0.1, 0.15) is 0 Å². The van der Waals surface area contributed by atoms with E-state index in [2.05, 4.69) is 9.96 Å². The molecule has 0 spiro atoms. The van der Waals surface area contributed by atoms with Crippen molar-refractivity contribution in [1.29, 1.82) is 5.39 Å². The normalized spacial score (nSPS) is 7.60. The van der Waals surface area contributed by atoms with E-state index in [-0.39, 0.29) is 17.6 Å². The fourth-order valence-corrected chi connectivity index (χ4v) is 0.609. The van der Waals surface area contributed by atoms with E-state index >= 15 is 0 Å². The molecule has 0 radical (unpaired) electrons. The molecule has 0 saturated heterocycles. The molecule has 0 unspecified atom stereocenters. The van der Waals surface area contributed by atoms with Gasteiger partial charge in [-0.25, -0.2) is 4.98 Å². The number of pyridine rings is 1. The van der Waals surface area contributed by atoms with E-state index in [0.717, 1.165) is 0 Å². The van der Waals surface area contributed by atoms with Gasteiger partial charge in [0, 0.05) is 12.3 Å². The summed E-state index contributed by atoms with van der Waals surface area (Å²) in [6.45, 7) is 0. The fourth-order valence-electron chi connectivity index (χ4n) is 0.452. The second kappa shape index (κ2) is 4.04. The summed E-state index contributed by atoms with van der Waals surface area (Å²) < 4.78 is 0. The first-order valence-corrected chi connectivity index (χ1v) is 2.68. The largest absolute Gasteiger partial charge is 1.00 e. The maximum absolute atomic E-state index is 8.22. The third-order valence-corrected chi connectivity index (χ3v) is 1.14. The molecule has 10 heavy (non-hydrogen) atoms. The van der Waals surface area contributed by atoms with Gasteiger partial charge >= 0.3 is 5.69 Å². The van der Waals surface area contributed by atoms with Crippen LogP contribution < -0.4 is 12.4 Å². The third-order valence-electron chi connectivity index (χ3n) is 0.847. The van der Waals surface area contributed by atoms with Gasteiger partial charge in [-0.1, -0.05) is 11.6 Å². The molecular formula is C5H3Cl2N3. The minimum Gasteiger partial charge on any atom is -1.00 e. The van der Waals surface area contributed by atoms with Crippen LogP contribution in [0, 0.1) is 5.39 Å². The average Bonchev–Trinajstić information content (AvgIpc) is 1.89. The second-order valence-corrected chi connectivity index (χ2v) is 1.77. The lowest BCUT2D eigenvalue weighted by Gasteiger charge is -1.77. The molecule has 3 nitrogen and oxygen atoms in total. The predicted octanol–water partition coefficient (Wildman–Crippen LogP) is -0.776. The molecule has 0 aromatic carbocycles. The van der Waals surface area contributed by atoms with Gasteiger partial charge in [0.2, 0.25) is 10.5 Å². The Bertz CT molecular complexity index is 255. The van der Waals surface area contributed by atoms with E-state index in [1.54, 1.807) is 12.1 Å². The molecule has 0 saturated carbocycles. The van der Waals surface area contributed by atoms with Crippen LogP contribution in [-0.2, 0) is 0 Å². The molecule has 52 valence electrons. The average molecular weight is 176 g/mol. The summed E-state index contributed by atoms with van der Waals surface area (Å²) in [7, 11) is 0. The van der Waals surface area contributed by atoms with Crippen LogP contribution in [0.25, 0.3) is 4.98 Å². The van der Waals surface area contributed by atoms with E-state index in [0.29, 0.717) is 5.69 Å². The summed E-state index contributed by atoms with van der Waals surface area (Å²) in [4.78, 5) is 6.54. The van der Waals surface area contributed by atoms with Gasteiger partial charge in [-0.05, 0) is 6.07 Å². The van der Waals surface area contributed by atoms with Crippen LogP contribution in [0.1, 0.15) is 0 Å². The van der Waals surface area contributed by atoms with Crippen LogP contribution in [0.2, 0.25) is 5.15 Å². The summed E-state index contributed by atoms with van der Waals surface area (Å²) >= 11 is 5.46. The van der Waals surface area contributed by atoms with Gasteiger partial charge in [-0.2, -0.15) is 0 Å². The molecule has 1 heterocycles. The zero-order valence-corrected chi connectivity index (χ0v) is 6.34. The highest BCUT2D eigenvalue weighted by Gasteiger charge is 2.09. The number of halogens is 2. The van der Waals surface area contributed by atoms with Crippen molar-refractivity contribution in [3.05, 3.63) is 28.5 Å². The smallest absolute Gasteiger partial charge is 0.421 e. The van der Waals surface area contributed by atoms with Crippen molar-refractivity contribution in [3.63, 3.8) is 0 Å². The van der Waals surface area contributed by atoms with Crippen molar-refractivity contribution in [1.82, 2.24) is 4.98 Å². The third kappa shape index (κ3) is 1.83. The quantitative estimate of drug-likeness (QED) is 0.384. The van der Waals surface area contributed by atoms with Crippen molar-refractivity contribution in [2.45, 2.75) is 0 Å². The molecule has 0 aliphatic heterocycles. The summed E-state index contributed by atoms with van der Waals surface area (Å²) in [6.07, 6.45) is 1.52. The van der Waals surface area contributed by atoms with Crippen LogP contribution in [-0.4, -0.2) is 4.98 Å². The van der Waals surface area contributed by atoms with Crippen molar-refractivity contribution in [3.8, 4) is 0 Å². The Hall–Kier alpha value is -0.850. The summed E-state index contributed by atoms with van der Waals surface area (Å²) in [5.74, 6) is 0. The standard InChI is InChI=1S/C5H3ClN3.ClH/c6-5-4(9-7)2-1-3-8-5;/h1-3H;1H/q+1;/p-1. The lowest BCUT2D eigenvalue weighted by atomic mass is 10.4. The summed E-state index contributed by atoms with van der Waals surface area (Å²) in [5.41, 5.74) is 0.291. The summed E-state index contributed by atoms with van der Waals surface area (Å²) in [6, 6.07) is 3.20. The second-order valence-electron chi connectivity index (χ2n) is 1.41. The Balaban J connectivity index is 0.000000810. The molecule has 5 heteroatoms. The molecule has 0 bridgehead atoms. The minimum absolute atomic E-state index is 0. The number of diazo groups is 1. The van der Waals surface area contributed by atoms with Gasteiger partial charge in [-0.3, -0.25) is 0 Å². The molecule has 0 aliphatic rings. The van der Waals surface area contributed by atoms with Crippen molar-refractivity contribution < 1.29 is 12.4 Å². The Morgan fingerprint density at radius 3 is 2.70 bits per heavy atom. The monoisotopic (exact) mass is 175 g/mol. The maximum atomic E-state index is 8.22. The van der Waals surface area contributed by atoms with Gasteiger partial charge in [0.05, 0.1) is 0 Å². The maximum Gasteiger partial charge on any atom is 0.421 e. The van der Waals surface area contributed by atoms with Gasteiger partial charge in [0.15, 0.2) is 4.98 Å². The van der Waals surface area contributed by atoms with Crippen molar-refractivity contribution >= 4 is 17.3 Å². The van der Waals surface area contributed by atoms with Gasteiger partial charge in [-0.15, -0.1) is 0 Å². The molecule has 1 rings (SSSR count). The Labute approximate surface area is 69.1 Å². The first-order valence-electron chi connectivity index (χ1n) is 2.30.